The van der Waals surface area contributed by atoms with Crippen molar-refractivity contribution >= 4 is 16.7 Å². The van der Waals surface area contributed by atoms with Gasteiger partial charge in [0.2, 0.25) is 5.88 Å². The maximum atomic E-state index is 12.9. The zero-order valence-corrected chi connectivity index (χ0v) is 17.1. The van der Waals surface area contributed by atoms with Crippen LogP contribution in [0.25, 0.3) is 10.9 Å². The molecule has 0 radical (unpaired) electrons. The zero-order valence-electron chi connectivity index (χ0n) is 17.1. The fraction of sp³-hybridized carbons (Fsp3) is 0.174. The lowest BCUT2D eigenvalue weighted by Gasteiger charge is -2.13. The minimum absolute atomic E-state index is 0.175. The smallest absolute Gasteiger partial charge is 0.416 e. The Morgan fingerprint density at radius 3 is 2.53 bits per heavy atom. The van der Waals surface area contributed by atoms with Crippen molar-refractivity contribution < 1.29 is 22.6 Å². The van der Waals surface area contributed by atoms with Gasteiger partial charge in [0.1, 0.15) is 11.6 Å². The van der Waals surface area contributed by atoms with Crippen LogP contribution in [0.2, 0.25) is 0 Å². The number of aromatic nitrogens is 3. The molecule has 0 aliphatic carbocycles. The van der Waals surface area contributed by atoms with Gasteiger partial charge in [0.05, 0.1) is 18.2 Å². The molecular weight excluding hydrogens is 421 g/mol. The molecule has 32 heavy (non-hydrogen) atoms. The van der Waals surface area contributed by atoms with Crippen LogP contribution < -0.4 is 15.2 Å². The van der Waals surface area contributed by atoms with Crippen LogP contribution >= 0.6 is 0 Å². The Balaban J connectivity index is 1.50. The van der Waals surface area contributed by atoms with Crippen molar-refractivity contribution in [2.24, 2.45) is 0 Å². The minimum Gasteiger partial charge on any atom is -0.493 e. The second-order valence-electron chi connectivity index (χ2n) is 7.01. The number of hydrogen-bond acceptors (Lipinski definition) is 6. The molecule has 164 valence electrons. The lowest BCUT2D eigenvalue weighted by Crippen LogP contribution is -2.05. The van der Waals surface area contributed by atoms with E-state index < -0.39 is 11.7 Å². The van der Waals surface area contributed by atoms with Crippen molar-refractivity contribution in [3.8, 4) is 17.4 Å². The second-order valence-corrected chi connectivity index (χ2v) is 7.01. The number of nitrogens with two attached hydrogens (primary N) is 1. The van der Waals surface area contributed by atoms with Crippen LogP contribution in [0.4, 0.5) is 19.0 Å². The van der Waals surface area contributed by atoms with Gasteiger partial charge in [-0.25, -0.2) is 15.0 Å². The number of hydrogen-bond donors (Lipinski definition) is 1. The molecule has 0 amide bonds. The van der Waals surface area contributed by atoms with Gasteiger partial charge in [0, 0.05) is 24.1 Å². The van der Waals surface area contributed by atoms with E-state index in [9.17, 15) is 13.2 Å². The molecule has 6 nitrogen and oxygen atoms in total. The Bertz CT molecular complexity index is 1260. The van der Waals surface area contributed by atoms with Gasteiger partial charge in [-0.1, -0.05) is 18.2 Å². The predicted molar refractivity (Wildman–Crippen MR) is 114 cm³/mol. The molecular formula is C23H19F3N4O2. The number of aryl methyl sites for hydroxylation is 2. The summed E-state index contributed by atoms with van der Waals surface area (Å²) in [6.07, 6.45) is -2.28. The minimum atomic E-state index is -4.48. The van der Waals surface area contributed by atoms with Crippen LogP contribution in [0, 0.1) is 0 Å². The lowest BCUT2D eigenvalue weighted by molar-refractivity contribution is -0.137. The van der Waals surface area contributed by atoms with Gasteiger partial charge in [0.25, 0.3) is 0 Å². The number of rotatable bonds is 6. The topological polar surface area (TPSA) is 83.2 Å². The van der Waals surface area contributed by atoms with E-state index in [0.29, 0.717) is 30.2 Å². The van der Waals surface area contributed by atoms with Crippen molar-refractivity contribution in [2.45, 2.75) is 19.0 Å². The number of ether oxygens (including phenoxy) is 2. The van der Waals surface area contributed by atoms with Gasteiger partial charge in [-0.3, -0.25) is 0 Å². The summed E-state index contributed by atoms with van der Waals surface area (Å²) in [5.74, 6) is 1.51. The monoisotopic (exact) mass is 440 g/mol. The normalized spacial score (nSPS) is 11.5. The SMILES string of the molecule is COc1cc(CCc2nc(N)c3ccccc3n2)ccc1Oc1cc(C(F)(F)F)ccn1. The van der Waals surface area contributed by atoms with E-state index in [1.807, 2.05) is 24.3 Å². The highest BCUT2D eigenvalue weighted by atomic mass is 19.4. The quantitative estimate of drug-likeness (QED) is 0.443. The molecule has 2 aromatic carbocycles. The molecule has 0 saturated carbocycles. The summed E-state index contributed by atoms with van der Waals surface area (Å²) in [6, 6.07) is 14.4. The predicted octanol–water partition coefficient (Wildman–Crippen LogP) is 5.21. The number of halogens is 3. The van der Waals surface area contributed by atoms with E-state index in [-0.39, 0.29) is 11.6 Å². The maximum absolute atomic E-state index is 12.9. The largest absolute Gasteiger partial charge is 0.493 e. The summed E-state index contributed by atoms with van der Waals surface area (Å²) in [5.41, 5.74) is 6.90. The molecule has 2 aromatic heterocycles. The second kappa shape index (κ2) is 8.70. The van der Waals surface area contributed by atoms with Crippen molar-refractivity contribution in [3.05, 3.63) is 77.7 Å². The third-order valence-electron chi connectivity index (χ3n) is 4.82. The Kier molecular flexibility index (Phi) is 5.81. The third-order valence-corrected chi connectivity index (χ3v) is 4.82. The first-order valence-corrected chi connectivity index (χ1v) is 9.72. The molecule has 0 unspecified atom stereocenters. The molecule has 2 heterocycles. The maximum Gasteiger partial charge on any atom is 0.416 e. The van der Waals surface area contributed by atoms with Gasteiger partial charge in [0.15, 0.2) is 11.5 Å². The van der Waals surface area contributed by atoms with E-state index >= 15 is 0 Å². The molecule has 0 atom stereocenters. The number of alkyl halides is 3. The summed E-state index contributed by atoms with van der Waals surface area (Å²) in [7, 11) is 1.46. The summed E-state index contributed by atoms with van der Waals surface area (Å²) in [6.45, 7) is 0. The number of nitrogen functional groups attached to an aromatic ring is 1. The van der Waals surface area contributed by atoms with Crippen LogP contribution in [0.1, 0.15) is 17.0 Å². The van der Waals surface area contributed by atoms with Crippen LogP contribution in [0.5, 0.6) is 17.4 Å². The summed E-state index contributed by atoms with van der Waals surface area (Å²) in [4.78, 5) is 12.8. The standard InChI is InChI=1S/C23H19F3N4O2/c1-31-19-12-14(7-9-20-29-17-5-3-2-4-16(17)22(27)30-20)6-8-18(19)32-21-13-15(10-11-28-21)23(24,25)26/h2-6,8,10-13H,7,9H2,1H3,(H2,27,29,30). The van der Waals surface area contributed by atoms with Gasteiger partial charge < -0.3 is 15.2 Å². The van der Waals surface area contributed by atoms with Gasteiger partial charge in [-0.2, -0.15) is 13.2 Å². The number of para-hydroxylation sites is 1. The molecule has 0 fully saturated rings. The van der Waals surface area contributed by atoms with E-state index in [4.69, 9.17) is 15.2 Å². The Morgan fingerprint density at radius 2 is 1.75 bits per heavy atom. The van der Waals surface area contributed by atoms with Crippen molar-refractivity contribution in [1.29, 1.82) is 0 Å². The molecule has 0 aliphatic rings. The Morgan fingerprint density at radius 1 is 0.938 bits per heavy atom. The summed E-state index contributed by atoms with van der Waals surface area (Å²) < 4.78 is 49.6. The van der Waals surface area contributed by atoms with Crippen LogP contribution in [-0.2, 0) is 19.0 Å². The highest BCUT2D eigenvalue weighted by Crippen LogP contribution is 2.35. The van der Waals surface area contributed by atoms with E-state index in [2.05, 4.69) is 15.0 Å². The van der Waals surface area contributed by atoms with E-state index in [0.717, 1.165) is 34.8 Å². The fourth-order valence-electron chi connectivity index (χ4n) is 3.23. The third kappa shape index (κ3) is 4.72. The molecule has 4 aromatic rings. The Hall–Kier alpha value is -3.88. The van der Waals surface area contributed by atoms with Crippen molar-refractivity contribution in [3.63, 3.8) is 0 Å². The molecule has 9 heteroatoms. The summed E-state index contributed by atoms with van der Waals surface area (Å²) in [5, 5.41) is 0.808. The molecule has 2 N–H and O–H groups in total. The van der Waals surface area contributed by atoms with Gasteiger partial charge in [-0.05, 0) is 42.3 Å². The Labute approximate surface area is 181 Å². The zero-order chi connectivity index (χ0) is 22.7. The highest BCUT2D eigenvalue weighted by molar-refractivity contribution is 5.87. The number of nitrogens with zero attached hydrogens (tertiary/aromatic N) is 3. The first-order valence-electron chi connectivity index (χ1n) is 9.72. The molecule has 0 saturated heterocycles. The lowest BCUT2D eigenvalue weighted by atomic mass is 10.1. The highest BCUT2D eigenvalue weighted by Gasteiger charge is 2.31. The first kappa shape index (κ1) is 21.4. The van der Waals surface area contributed by atoms with Gasteiger partial charge in [-0.15, -0.1) is 0 Å². The number of fused-ring (bicyclic) bond motifs is 1. The van der Waals surface area contributed by atoms with E-state index in [1.165, 1.54) is 7.11 Å². The van der Waals surface area contributed by atoms with Gasteiger partial charge >= 0.3 is 6.18 Å². The van der Waals surface area contributed by atoms with Crippen LogP contribution in [0.3, 0.4) is 0 Å². The van der Waals surface area contributed by atoms with Crippen LogP contribution in [-0.4, -0.2) is 22.1 Å². The van der Waals surface area contributed by atoms with Crippen LogP contribution in [0.15, 0.2) is 60.8 Å². The molecule has 4 rings (SSSR count). The average molecular weight is 440 g/mol. The number of benzene rings is 2. The van der Waals surface area contributed by atoms with E-state index in [1.54, 1.807) is 18.2 Å². The summed E-state index contributed by atoms with van der Waals surface area (Å²) >= 11 is 0. The first-order chi connectivity index (χ1) is 15.3. The number of anilines is 1. The molecule has 0 spiro atoms. The average Bonchev–Trinajstić information content (AvgIpc) is 2.78. The number of methoxy groups -OCH3 is 1. The van der Waals surface area contributed by atoms with Crippen molar-refractivity contribution in [2.75, 3.05) is 12.8 Å². The fourth-order valence-corrected chi connectivity index (χ4v) is 3.23. The van der Waals surface area contributed by atoms with Crippen molar-refractivity contribution in [1.82, 2.24) is 15.0 Å². The number of pyridine rings is 1. The molecule has 0 aliphatic heterocycles. The molecule has 0 bridgehead atoms.